The molecule has 164 valence electrons. The molecule has 11 heteroatoms. The molecular formula is C20H16F6N4O. The third kappa shape index (κ3) is 5.77. The predicted octanol–water partition coefficient (Wildman–Crippen LogP) is 5.92. The third-order valence-corrected chi connectivity index (χ3v) is 4.26. The molecule has 2 amide bonds. The maximum Gasteiger partial charge on any atom is 0.416 e. The monoisotopic (exact) mass is 442 g/mol. The Morgan fingerprint density at radius 1 is 0.903 bits per heavy atom. The van der Waals surface area contributed by atoms with Gasteiger partial charge in [-0.3, -0.25) is 10.00 Å². The number of alkyl halides is 6. The second-order valence-corrected chi connectivity index (χ2v) is 6.68. The summed E-state index contributed by atoms with van der Waals surface area (Å²) in [4.78, 5) is 12.1. The van der Waals surface area contributed by atoms with Crippen molar-refractivity contribution in [1.29, 1.82) is 0 Å². The van der Waals surface area contributed by atoms with Gasteiger partial charge in [0.15, 0.2) is 5.82 Å². The number of hydrogen-bond donors (Lipinski definition) is 2. The molecule has 0 atom stereocenters. The Balaban J connectivity index is 1.68. The number of aromatic nitrogens is 2. The van der Waals surface area contributed by atoms with Crippen LogP contribution in [-0.4, -0.2) is 15.8 Å². The van der Waals surface area contributed by atoms with Gasteiger partial charge in [0.1, 0.15) is 0 Å². The molecule has 0 aliphatic heterocycles. The van der Waals surface area contributed by atoms with Gasteiger partial charge in [0, 0.05) is 17.4 Å². The molecule has 0 aliphatic carbocycles. The molecule has 0 radical (unpaired) electrons. The Bertz CT molecular complexity index is 1090. The van der Waals surface area contributed by atoms with Crippen LogP contribution in [0.25, 0.3) is 0 Å². The Kier molecular flexibility index (Phi) is 5.96. The van der Waals surface area contributed by atoms with E-state index in [-0.39, 0.29) is 18.1 Å². The largest absolute Gasteiger partial charge is 0.416 e. The predicted molar refractivity (Wildman–Crippen MR) is 102 cm³/mol. The standard InChI is InChI=1S/C20H16F6N4O/c1-12-8-17(28-18(31)27-16-7-3-6-15(10-16)20(24,25)26)29-30(12)11-13-4-2-5-14(9-13)19(21,22)23/h2-10H,11H2,1H3,(H2,27,28,29,31). The van der Waals surface area contributed by atoms with Gasteiger partial charge < -0.3 is 5.32 Å². The lowest BCUT2D eigenvalue weighted by molar-refractivity contribution is -0.138. The fourth-order valence-corrected chi connectivity index (χ4v) is 2.80. The summed E-state index contributed by atoms with van der Waals surface area (Å²) in [6, 6.07) is 9.57. The summed E-state index contributed by atoms with van der Waals surface area (Å²) < 4.78 is 78.3. The lowest BCUT2D eigenvalue weighted by Gasteiger charge is -2.10. The lowest BCUT2D eigenvalue weighted by atomic mass is 10.1. The number of rotatable bonds is 4. The summed E-state index contributed by atoms with van der Waals surface area (Å²) >= 11 is 0. The van der Waals surface area contributed by atoms with Crippen LogP contribution in [-0.2, 0) is 18.9 Å². The number of aryl methyl sites for hydroxylation is 1. The minimum Gasteiger partial charge on any atom is -0.308 e. The molecule has 0 bridgehead atoms. The fraction of sp³-hybridized carbons (Fsp3) is 0.200. The second kappa shape index (κ2) is 8.32. The molecular weight excluding hydrogens is 426 g/mol. The minimum absolute atomic E-state index is 0.0344. The number of carbonyl (C=O) groups excluding carboxylic acids is 1. The highest BCUT2D eigenvalue weighted by Crippen LogP contribution is 2.31. The first-order valence-electron chi connectivity index (χ1n) is 8.88. The van der Waals surface area contributed by atoms with Crippen LogP contribution in [0.2, 0.25) is 0 Å². The van der Waals surface area contributed by atoms with E-state index in [0.717, 1.165) is 30.3 Å². The van der Waals surface area contributed by atoms with Gasteiger partial charge >= 0.3 is 18.4 Å². The van der Waals surface area contributed by atoms with Crippen LogP contribution in [0.5, 0.6) is 0 Å². The van der Waals surface area contributed by atoms with Gasteiger partial charge in [0.25, 0.3) is 0 Å². The molecule has 0 aliphatic rings. The number of carbonyl (C=O) groups is 1. The lowest BCUT2D eigenvalue weighted by Crippen LogP contribution is -2.20. The molecule has 1 aromatic heterocycles. The van der Waals surface area contributed by atoms with Crippen molar-refractivity contribution in [3.05, 3.63) is 77.0 Å². The first kappa shape index (κ1) is 22.2. The van der Waals surface area contributed by atoms with E-state index in [9.17, 15) is 31.1 Å². The number of halogens is 6. The number of nitrogens with zero attached hydrogens (tertiary/aromatic N) is 2. The van der Waals surface area contributed by atoms with Crippen LogP contribution >= 0.6 is 0 Å². The molecule has 3 aromatic rings. The van der Waals surface area contributed by atoms with E-state index in [1.807, 2.05) is 0 Å². The van der Waals surface area contributed by atoms with Gasteiger partial charge in [0.05, 0.1) is 17.7 Å². The molecule has 0 fully saturated rings. The molecule has 0 saturated heterocycles. The zero-order valence-electron chi connectivity index (χ0n) is 16.0. The Morgan fingerprint density at radius 3 is 2.16 bits per heavy atom. The summed E-state index contributed by atoms with van der Waals surface area (Å²) in [5, 5.41) is 8.79. The van der Waals surface area contributed by atoms with Crippen LogP contribution < -0.4 is 10.6 Å². The first-order chi connectivity index (χ1) is 14.4. The number of benzene rings is 2. The van der Waals surface area contributed by atoms with Gasteiger partial charge in [0.2, 0.25) is 0 Å². The van der Waals surface area contributed by atoms with Gasteiger partial charge in [-0.2, -0.15) is 31.4 Å². The first-order valence-corrected chi connectivity index (χ1v) is 8.88. The zero-order valence-corrected chi connectivity index (χ0v) is 16.0. The molecule has 3 rings (SSSR count). The Hall–Kier alpha value is -3.50. The highest BCUT2D eigenvalue weighted by molar-refractivity contribution is 5.99. The molecule has 0 unspecified atom stereocenters. The number of amides is 2. The van der Waals surface area contributed by atoms with E-state index in [1.165, 1.54) is 28.9 Å². The molecule has 31 heavy (non-hydrogen) atoms. The highest BCUT2D eigenvalue weighted by Gasteiger charge is 2.31. The molecule has 2 aromatic carbocycles. The Morgan fingerprint density at radius 2 is 1.52 bits per heavy atom. The van der Waals surface area contributed by atoms with Crippen molar-refractivity contribution in [2.24, 2.45) is 0 Å². The van der Waals surface area contributed by atoms with E-state index >= 15 is 0 Å². The maximum absolute atomic E-state index is 12.9. The minimum atomic E-state index is -4.55. The smallest absolute Gasteiger partial charge is 0.308 e. The van der Waals surface area contributed by atoms with Crippen LogP contribution in [0, 0.1) is 6.92 Å². The fourth-order valence-electron chi connectivity index (χ4n) is 2.80. The van der Waals surface area contributed by atoms with Crippen molar-refractivity contribution in [2.45, 2.75) is 25.8 Å². The maximum atomic E-state index is 12.9. The summed E-state index contributed by atoms with van der Waals surface area (Å²) in [6.07, 6.45) is -9.02. The van der Waals surface area contributed by atoms with Crippen molar-refractivity contribution < 1.29 is 31.1 Å². The van der Waals surface area contributed by atoms with Crippen LogP contribution in [0.4, 0.5) is 42.6 Å². The zero-order chi connectivity index (χ0) is 22.8. The summed E-state index contributed by atoms with van der Waals surface area (Å²) in [5.41, 5.74) is -0.833. The van der Waals surface area contributed by atoms with Gasteiger partial charge in [-0.05, 0) is 42.8 Å². The van der Waals surface area contributed by atoms with Crippen molar-refractivity contribution >= 4 is 17.5 Å². The Labute approximate surface area is 172 Å². The van der Waals surface area contributed by atoms with E-state index in [0.29, 0.717) is 11.3 Å². The molecule has 0 saturated carbocycles. The van der Waals surface area contributed by atoms with E-state index in [4.69, 9.17) is 0 Å². The normalized spacial score (nSPS) is 12.0. The number of anilines is 2. The van der Waals surface area contributed by atoms with Crippen LogP contribution in [0.1, 0.15) is 22.4 Å². The van der Waals surface area contributed by atoms with Crippen molar-refractivity contribution in [3.8, 4) is 0 Å². The van der Waals surface area contributed by atoms with E-state index in [2.05, 4.69) is 15.7 Å². The topological polar surface area (TPSA) is 59.0 Å². The van der Waals surface area contributed by atoms with Gasteiger partial charge in [-0.25, -0.2) is 4.79 Å². The second-order valence-electron chi connectivity index (χ2n) is 6.68. The number of nitrogens with one attached hydrogen (secondary N) is 2. The molecule has 2 N–H and O–H groups in total. The third-order valence-electron chi connectivity index (χ3n) is 4.26. The van der Waals surface area contributed by atoms with E-state index < -0.39 is 29.5 Å². The average Bonchev–Trinajstić information content (AvgIpc) is 2.99. The summed E-state index contributed by atoms with van der Waals surface area (Å²) in [6.45, 7) is 1.68. The average molecular weight is 442 g/mol. The summed E-state index contributed by atoms with van der Waals surface area (Å²) in [5.74, 6) is 0.0916. The molecule has 1 heterocycles. The van der Waals surface area contributed by atoms with E-state index in [1.54, 1.807) is 6.92 Å². The van der Waals surface area contributed by atoms with Gasteiger partial charge in [-0.1, -0.05) is 18.2 Å². The number of hydrogen-bond acceptors (Lipinski definition) is 2. The number of urea groups is 1. The highest BCUT2D eigenvalue weighted by atomic mass is 19.4. The van der Waals surface area contributed by atoms with Crippen LogP contribution in [0.15, 0.2) is 54.6 Å². The van der Waals surface area contributed by atoms with Gasteiger partial charge in [-0.15, -0.1) is 0 Å². The van der Waals surface area contributed by atoms with Crippen molar-refractivity contribution in [2.75, 3.05) is 10.6 Å². The van der Waals surface area contributed by atoms with Crippen LogP contribution in [0.3, 0.4) is 0 Å². The van der Waals surface area contributed by atoms with Crippen molar-refractivity contribution in [3.63, 3.8) is 0 Å². The SMILES string of the molecule is Cc1cc(NC(=O)Nc2cccc(C(F)(F)F)c2)nn1Cc1cccc(C(F)(F)F)c1. The quantitative estimate of drug-likeness (QED) is 0.493. The van der Waals surface area contributed by atoms with Crippen molar-refractivity contribution in [1.82, 2.24) is 9.78 Å². The summed E-state index contributed by atoms with van der Waals surface area (Å²) in [7, 11) is 0. The molecule has 5 nitrogen and oxygen atoms in total. The molecule has 0 spiro atoms.